The molecular weight excluding hydrogens is 671 g/mol. The lowest BCUT2D eigenvalue weighted by Crippen LogP contribution is -2.37. The van der Waals surface area contributed by atoms with Crippen molar-refractivity contribution in [2.45, 2.75) is 65.2 Å². The van der Waals surface area contributed by atoms with Gasteiger partial charge >= 0.3 is 0 Å². The molecule has 2 aromatic heterocycles. The number of unbranched alkanes of at least 4 members (excludes halogenated alkanes) is 4. The third-order valence-corrected chi connectivity index (χ3v) is 13.0. The van der Waals surface area contributed by atoms with Gasteiger partial charge in [0.1, 0.15) is 0 Å². The van der Waals surface area contributed by atoms with Crippen LogP contribution in [0.5, 0.6) is 0 Å². The molecule has 264 valence electrons. The molecule has 10 rings (SSSR count). The Kier molecular flexibility index (Phi) is 8.52. The maximum absolute atomic E-state index is 3.99. The van der Waals surface area contributed by atoms with Crippen molar-refractivity contribution in [3.8, 4) is 16.8 Å². The molecule has 0 atom stereocenters. The van der Waals surface area contributed by atoms with Crippen LogP contribution in [0.4, 0.5) is 11.4 Å². The summed E-state index contributed by atoms with van der Waals surface area (Å²) in [6, 6.07) is 48.5. The smallest absolute Gasteiger partial charge is 0.198 e. The number of rotatable bonds is 11. The van der Waals surface area contributed by atoms with E-state index < -0.39 is 0 Å². The van der Waals surface area contributed by atoms with Gasteiger partial charge in [0.2, 0.25) is 0 Å². The lowest BCUT2D eigenvalue weighted by atomic mass is 9.58. The van der Waals surface area contributed by atoms with Gasteiger partial charge in [0.15, 0.2) is 7.28 Å². The number of benzene rings is 7. The van der Waals surface area contributed by atoms with Crippen LogP contribution in [-0.2, 0) is 12.8 Å². The lowest BCUT2D eigenvalue weighted by Gasteiger charge is -2.26. The highest BCUT2D eigenvalue weighted by Gasteiger charge is 2.29. The average Bonchev–Trinajstić information content (AvgIpc) is 3.75. The Bertz CT molecular complexity index is 2860. The third kappa shape index (κ3) is 5.53. The first kappa shape index (κ1) is 33.3. The molecule has 0 amide bonds. The number of hydrogen-bond acceptors (Lipinski definition) is 2. The van der Waals surface area contributed by atoms with Crippen LogP contribution >= 0.6 is 11.3 Å². The van der Waals surface area contributed by atoms with Gasteiger partial charge in [-0.3, -0.25) is 0 Å². The maximum Gasteiger partial charge on any atom is 0.198 e. The van der Waals surface area contributed by atoms with Crippen LogP contribution < -0.4 is 16.2 Å². The molecule has 0 spiro atoms. The second kappa shape index (κ2) is 13.8. The lowest BCUT2D eigenvalue weighted by molar-refractivity contribution is 0.717. The van der Waals surface area contributed by atoms with Crippen LogP contribution in [0, 0.1) is 0 Å². The summed E-state index contributed by atoms with van der Waals surface area (Å²) < 4.78 is 5.25. The fourth-order valence-corrected chi connectivity index (χ4v) is 10.4. The average molecular weight is 717 g/mol. The highest BCUT2D eigenvalue weighted by atomic mass is 32.1. The van der Waals surface area contributed by atoms with Crippen molar-refractivity contribution in [1.82, 2.24) is 4.57 Å². The van der Waals surface area contributed by atoms with Crippen LogP contribution in [0.3, 0.4) is 0 Å². The van der Waals surface area contributed by atoms with Crippen molar-refractivity contribution in [2.75, 3.05) is 5.32 Å². The predicted octanol–water partition coefficient (Wildman–Crippen LogP) is 12.9. The summed E-state index contributed by atoms with van der Waals surface area (Å²) in [6.07, 6.45) is 9.80. The number of fused-ring (bicyclic) bond motifs is 10. The standard InChI is InChI=1S/C50H45BN2S/c1-3-5-7-15-32-23-26-34(27-24-32)52-42-30-39-35-17-12-14-22-45(35)54-46(39)31-40(42)47-36-18-9-10-19-37(36)48-38-20-11-13-21-43(38)53-44-28-25-33(16-8-6-4-2)29-41(44)51-49(47)50(48)53/h9-14,17-31,51-52H,3-8,15-16H2,1-2H3. The van der Waals surface area contributed by atoms with Crippen LogP contribution in [0.15, 0.2) is 127 Å². The quantitative estimate of drug-likeness (QED) is 0.104. The van der Waals surface area contributed by atoms with E-state index in [2.05, 4.69) is 151 Å². The van der Waals surface area contributed by atoms with Crippen molar-refractivity contribution in [1.29, 1.82) is 0 Å². The van der Waals surface area contributed by atoms with E-state index in [4.69, 9.17) is 0 Å². The Morgan fingerprint density at radius 2 is 1.28 bits per heavy atom. The second-order valence-electron chi connectivity index (χ2n) is 15.3. The fraction of sp³-hybridized carbons (Fsp3) is 0.200. The number of para-hydroxylation sites is 1. The molecule has 1 aliphatic rings. The maximum atomic E-state index is 3.99. The molecular formula is C50H45BN2S. The van der Waals surface area contributed by atoms with Gasteiger partial charge in [-0.1, -0.05) is 130 Å². The molecule has 4 heteroatoms. The molecule has 1 N–H and O–H groups in total. The van der Waals surface area contributed by atoms with Crippen molar-refractivity contribution in [3.05, 3.63) is 139 Å². The van der Waals surface area contributed by atoms with Gasteiger partial charge in [-0.05, 0) is 101 Å². The number of nitrogens with zero attached hydrogens (tertiary/aromatic N) is 1. The molecule has 9 aromatic rings. The number of aryl methyl sites for hydroxylation is 2. The Balaban J connectivity index is 1.24. The number of hydrogen-bond donors (Lipinski definition) is 1. The minimum atomic E-state index is 0.903. The van der Waals surface area contributed by atoms with Crippen LogP contribution in [0.1, 0.15) is 63.5 Å². The topological polar surface area (TPSA) is 17.0 Å². The molecule has 54 heavy (non-hydrogen) atoms. The van der Waals surface area contributed by atoms with E-state index in [1.807, 2.05) is 11.3 Å². The molecule has 0 aliphatic carbocycles. The molecule has 0 saturated carbocycles. The van der Waals surface area contributed by atoms with Gasteiger partial charge < -0.3 is 9.88 Å². The van der Waals surface area contributed by atoms with Gasteiger partial charge in [-0.2, -0.15) is 0 Å². The fourth-order valence-electron chi connectivity index (χ4n) is 9.22. The number of nitrogens with one attached hydrogen (secondary N) is 1. The summed E-state index contributed by atoms with van der Waals surface area (Å²) in [5, 5.41) is 12.0. The third-order valence-electron chi connectivity index (χ3n) is 11.8. The summed E-state index contributed by atoms with van der Waals surface area (Å²) in [5.41, 5.74) is 14.6. The van der Waals surface area contributed by atoms with E-state index >= 15 is 0 Å². The van der Waals surface area contributed by atoms with E-state index in [1.54, 1.807) is 0 Å². The molecule has 0 radical (unpaired) electrons. The predicted molar refractivity (Wildman–Crippen MR) is 239 cm³/mol. The first-order valence-electron chi connectivity index (χ1n) is 20.1. The Morgan fingerprint density at radius 3 is 2.07 bits per heavy atom. The highest BCUT2D eigenvalue weighted by Crippen LogP contribution is 2.46. The van der Waals surface area contributed by atoms with Gasteiger partial charge in [0, 0.05) is 59.1 Å². The number of thiophene rings is 1. The molecule has 3 heterocycles. The normalized spacial score (nSPS) is 12.3. The van der Waals surface area contributed by atoms with Gasteiger partial charge in [0.25, 0.3) is 0 Å². The van der Waals surface area contributed by atoms with E-state index in [-0.39, 0.29) is 0 Å². The van der Waals surface area contributed by atoms with E-state index in [9.17, 15) is 0 Å². The molecule has 0 saturated heterocycles. The number of aromatic nitrogens is 1. The number of anilines is 2. The van der Waals surface area contributed by atoms with Gasteiger partial charge in [-0.25, -0.2) is 0 Å². The first-order chi connectivity index (χ1) is 26.7. The molecule has 2 nitrogen and oxygen atoms in total. The van der Waals surface area contributed by atoms with Crippen LogP contribution in [-0.4, -0.2) is 11.8 Å². The van der Waals surface area contributed by atoms with Gasteiger partial charge in [0.05, 0.1) is 5.52 Å². The Labute approximate surface area is 322 Å². The van der Waals surface area contributed by atoms with E-state index in [1.165, 1.54) is 130 Å². The summed E-state index contributed by atoms with van der Waals surface area (Å²) >= 11 is 1.91. The minimum Gasteiger partial charge on any atom is -0.355 e. The molecule has 0 bridgehead atoms. The summed E-state index contributed by atoms with van der Waals surface area (Å²) in [7, 11) is 0.903. The second-order valence-corrected chi connectivity index (χ2v) is 16.4. The Hall–Kier alpha value is -5.32. The van der Waals surface area contributed by atoms with Crippen LogP contribution in [0.2, 0.25) is 0 Å². The first-order valence-corrected chi connectivity index (χ1v) is 20.9. The van der Waals surface area contributed by atoms with Gasteiger partial charge in [-0.15, -0.1) is 11.3 Å². The minimum absolute atomic E-state index is 0.903. The summed E-state index contributed by atoms with van der Waals surface area (Å²) in [6.45, 7) is 4.57. The molecule has 0 fully saturated rings. The largest absolute Gasteiger partial charge is 0.355 e. The van der Waals surface area contributed by atoms with Crippen molar-refractivity contribution >= 4 is 93.7 Å². The zero-order valence-corrected chi connectivity index (χ0v) is 32.2. The zero-order valence-electron chi connectivity index (χ0n) is 31.3. The Morgan fingerprint density at radius 1 is 0.593 bits per heavy atom. The van der Waals surface area contributed by atoms with Crippen LogP contribution in [0.25, 0.3) is 69.6 Å². The van der Waals surface area contributed by atoms with Crippen molar-refractivity contribution in [2.24, 2.45) is 0 Å². The highest BCUT2D eigenvalue weighted by molar-refractivity contribution is 7.25. The molecule has 0 unspecified atom stereocenters. The van der Waals surface area contributed by atoms with Crippen molar-refractivity contribution < 1.29 is 0 Å². The van der Waals surface area contributed by atoms with Crippen molar-refractivity contribution in [3.63, 3.8) is 0 Å². The molecule has 1 aliphatic heterocycles. The van der Waals surface area contributed by atoms with E-state index in [0.29, 0.717) is 0 Å². The monoisotopic (exact) mass is 716 g/mol. The van der Waals surface area contributed by atoms with E-state index in [0.717, 1.165) is 31.5 Å². The summed E-state index contributed by atoms with van der Waals surface area (Å²) in [4.78, 5) is 0. The molecule has 7 aromatic carbocycles. The SMILES string of the molecule is CCCCCc1ccc(Nc2cc3c(cc2-c2c4c5c(c6ccccc26)c2ccccc2n5-c2ccc(CCCCC)cc2B4)sc2ccccc23)cc1. The zero-order chi connectivity index (χ0) is 36.2. The summed E-state index contributed by atoms with van der Waals surface area (Å²) in [5.74, 6) is 0.